The maximum atomic E-state index is 12.5. The highest BCUT2D eigenvalue weighted by molar-refractivity contribution is 5.80. The Morgan fingerprint density at radius 3 is 2.86 bits per heavy atom. The van der Waals surface area contributed by atoms with Gasteiger partial charge in [0.2, 0.25) is 17.6 Å². The minimum atomic E-state index is -0.537. The molecule has 0 N–H and O–H groups in total. The number of pyridine rings is 1. The first-order valence-corrected chi connectivity index (χ1v) is 8.79. The van der Waals surface area contributed by atoms with Gasteiger partial charge in [-0.15, -0.1) is 0 Å². The Labute approximate surface area is 158 Å². The van der Waals surface area contributed by atoms with Crippen LogP contribution in [0.3, 0.4) is 0 Å². The van der Waals surface area contributed by atoms with Crippen molar-refractivity contribution < 1.29 is 13.7 Å². The van der Waals surface area contributed by atoms with Crippen molar-refractivity contribution in [2.24, 2.45) is 0 Å². The third kappa shape index (κ3) is 2.77. The predicted octanol–water partition coefficient (Wildman–Crippen LogP) is 1.67. The number of carbonyl (C=O) groups excluding carboxylic acids is 1. The van der Waals surface area contributed by atoms with Gasteiger partial charge in [0.1, 0.15) is 6.54 Å². The number of hydrogen-bond acceptors (Lipinski definition) is 7. The van der Waals surface area contributed by atoms with Crippen LogP contribution in [0.4, 0.5) is 0 Å². The summed E-state index contributed by atoms with van der Waals surface area (Å²) in [6.07, 6.45) is 3.34. The van der Waals surface area contributed by atoms with E-state index in [1.165, 1.54) is 4.57 Å². The molecule has 0 saturated carbocycles. The molecule has 0 atom stereocenters. The Kier molecular flexibility index (Phi) is 3.78. The van der Waals surface area contributed by atoms with Crippen LogP contribution in [0.2, 0.25) is 0 Å². The SMILES string of the molecule is O=C(Cn1c(=O)oc2ccccc21)N1CC(c2nc(-c3cccnc3)no2)C1. The van der Waals surface area contributed by atoms with E-state index in [1.807, 2.05) is 6.07 Å². The topological polar surface area (TPSA) is 107 Å². The number of nitrogens with zero attached hydrogens (tertiary/aromatic N) is 5. The van der Waals surface area contributed by atoms with Crippen LogP contribution < -0.4 is 5.76 Å². The summed E-state index contributed by atoms with van der Waals surface area (Å²) in [6.45, 7) is 0.878. The molecular formula is C19H15N5O4. The van der Waals surface area contributed by atoms with Crippen molar-refractivity contribution in [2.75, 3.05) is 13.1 Å². The highest BCUT2D eigenvalue weighted by atomic mass is 16.5. The van der Waals surface area contributed by atoms with Crippen molar-refractivity contribution in [3.63, 3.8) is 0 Å². The lowest BCUT2D eigenvalue weighted by molar-refractivity contribution is -0.136. The molecule has 1 amide bonds. The first-order chi connectivity index (χ1) is 13.7. The third-order valence-corrected chi connectivity index (χ3v) is 4.81. The van der Waals surface area contributed by atoms with Crippen LogP contribution in [-0.4, -0.2) is 43.6 Å². The van der Waals surface area contributed by atoms with E-state index in [9.17, 15) is 9.59 Å². The molecular weight excluding hydrogens is 362 g/mol. The number of likely N-dealkylation sites (tertiary alicyclic amines) is 1. The first kappa shape index (κ1) is 16.4. The summed E-state index contributed by atoms with van der Waals surface area (Å²) >= 11 is 0. The number of oxazole rings is 1. The molecule has 1 saturated heterocycles. The van der Waals surface area contributed by atoms with Gasteiger partial charge < -0.3 is 13.8 Å². The molecule has 1 aromatic carbocycles. The van der Waals surface area contributed by atoms with Crippen LogP contribution in [0, 0.1) is 0 Å². The Morgan fingerprint density at radius 2 is 2.04 bits per heavy atom. The highest BCUT2D eigenvalue weighted by Gasteiger charge is 2.36. The minimum Gasteiger partial charge on any atom is -0.408 e. The van der Waals surface area contributed by atoms with Crippen molar-refractivity contribution >= 4 is 17.0 Å². The summed E-state index contributed by atoms with van der Waals surface area (Å²) in [5.74, 6) is 0.263. The van der Waals surface area contributed by atoms with Gasteiger partial charge in [0.05, 0.1) is 11.4 Å². The minimum absolute atomic E-state index is 0.0142. The van der Waals surface area contributed by atoms with Crippen LogP contribution in [0.1, 0.15) is 11.8 Å². The fraction of sp³-hybridized carbons (Fsp3) is 0.211. The van der Waals surface area contributed by atoms with Crippen molar-refractivity contribution in [3.05, 3.63) is 65.2 Å². The number of fused-ring (bicyclic) bond motifs is 1. The summed E-state index contributed by atoms with van der Waals surface area (Å²) in [6, 6.07) is 10.7. The molecule has 3 aromatic heterocycles. The average molecular weight is 377 g/mol. The lowest BCUT2D eigenvalue weighted by Gasteiger charge is -2.37. The van der Waals surface area contributed by atoms with Gasteiger partial charge in [-0.05, 0) is 24.3 Å². The van der Waals surface area contributed by atoms with Gasteiger partial charge in [0.15, 0.2) is 5.58 Å². The van der Waals surface area contributed by atoms with Crippen molar-refractivity contribution in [1.82, 2.24) is 24.6 Å². The highest BCUT2D eigenvalue weighted by Crippen LogP contribution is 2.27. The van der Waals surface area contributed by atoms with Crippen LogP contribution in [0.5, 0.6) is 0 Å². The Balaban J connectivity index is 1.26. The normalized spacial score (nSPS) is 14.4. The lowest BCUT2D eigenvalue weighted by Crippen LogP contribution is -2.50. The molecule has 0 radical (unpaired) electrons. The second kappa shape index (κ2) is 6.45. The molecule has 0 spiro atoms. The molecule has 1 aliphatic rings. The van der Waals surface area contributed by atoms with Crippen LogP contribution in [0.25, 0.3) is 22.5 Å². The molecule has 0 aliphatic carbocycles. The fourth-order valence-electron chi connectivity index (χ4n) is 3.25. The van der Waals surface area contributed by atoms with Crippen LogP contribution in [-0.2, 0) is 11.3 Å². The van der Waals surface area contributed by atoms with Crippen molar-refractivity contribution in [2.45, 2.75) is 12.5 Å². The number of para-hydroxylation sites is 2. The number of carbonyl (C=O) groups is 1. The summed E-state index contributed by atoms with van der Waals surface area (Å²) in [5, 5.41) is 3.98. The Bertz CT molecular complexity index is 1200. The van der Waals surface area contributed by atoms with Crippen LogP contribution in [0.15, 0.2) is 62.5 Å². The van der Waals surface area contributed by atoms with Crippen molar-refractivity contribution in [3.8, 4) is 11.4 Å². The van der Waals surface area contributed by atoms with Crippen molar-refractivity contribution in [1.29, 1.82) is 0 Å². The molecule has 1 fully saturated rings. The number of amides is 1. The molecule has 9 nitrogen and oxygen atoms in total. The summed E-state index contributed by atoms with van der Waals surface area (Å²) in [5.41, 5.74) is 1.85. The van der Waals surface area contributed by atoms with Gasteiger partial charge in [-0.1, -0.05) is 17.3 Å². The number of hydrogen-bond donors (Lipinski definition) is 0. The van der Waals surface area contributed by atoms with Gasteiger partial charge in [0.25, 0.3) is 0 Å². The quantitative estimate of drug-likeness (QED) is 0.532. The smallest absolute Gasteiger partial charge is 0.408 e. The van der Waals surface area contributed by atoms with E-state index in [0.29, 0.717) is 35.9 Å². The fourth-order valence-corrected chi connectivity index (χ4v) is 3.25. The monoisotopic (exact) mass is 377 g/mol. The lowest BCUT2D eigenvalue weighted by atomic mass is 10.00. The zero-order chi connectivity index (χ0) is 19.1. The van der Waals surface area contributed by atoms with E-state index in [4.69, 9.17) is 8.94 Å². The molecule has 4 heterocycles. The van der Waals surface area contributed by atoms with E-state index < -0.39 is 5.76 Å². The van der Waals surface area contributed by atoms with Gasteiger partial charge >= 0.3 is 5.76 Å². The molecule has 1 aliphatic heterocycles. The maximum Gasteiger partial charge on any atom is 0.420 e. The maximum absolute atomic E-state index is 12.5. The van der Waals surface area contributed by atoms with Gasteiger partial charge in [-0.25, -0.2) is 4.79 Å². The largest absolute Gasteiger partial charge is 0.420 e. The second-order valence-corrected chi connectivity index (χ2v) is 6.62. The Hall–Kier alpha value is -3.75. The zero-order valence-electron chi connectivity index (χ0n) is 14.7. The van der Waals surface area contributed by atoms with E-state index in [0.717, 1.165) is 5.56 Å². The second-order valence-electron chi connectivity index (χ2n) is 6.62. The average Bonchev–Trinajstić information content (AvgIpc) is 3.27. The van der Waals surface area contributed by atoms with Crippen LogP contribution >= 0.6 is 0 Å². The molecule has 0 bridgehead atoms. The molecule has 0 unspecified atom stereocenters. The number of aromatic nitrogens is 4. The Morgan fingerprint density at radius 1 is 1.18 bits per heavy atom. The van der Waals surface area contributed by atoms with Gasteiger partial charge in [-0.3, -0.25) is 14.3 Å². The predicted molar refractivity (Wildman–Crippen MR) is 97.3 cm³/mol. The summed E-state index contributed by atoms with van der Waals surface area (Å²) < 4.78 is 11.8. The number of benzene rings is 1. The van der Waals surface area contributed by atoms with Gasteiger partial charge in [0, 0.05) is 31.0 Å². The first-order valence-electron chi connectivity index (χ1n) is 8.79. The third-order valence-electron chi connectivity index (χ3n) is 4.81. The standard InChI is InChI=1S/C19H15N5O4/c25-16(11-24-14-5-1-2-6-15(14)27-19(24)26)23-9-13(10-23)18-21-17(22-28-18)12-4-3-7-20-8-12/h1-8,13H,9-11H2. The summed E-state index contributed by atoms with van der Waals surface area (Å²) in [7, 11) is 0. The van der Waals surface area contributed by atoms with E-state index in [2.05, 4.69) is 15.1 Å². The molecule has 140 valence electrons. The number of rotatable bonds is 4. The molecule has 5 rings (SSSR count). The van der Waals surface area contributed by atoms with E-state index >= 15 is 0 Å². The molecule has 4 aromatic rings. The van der Waals surface area contributed by atoms with E-state index in [-0.39, 0.29) is 18.4 Å². The summed E-state index contributed by atoms with van der Waals surface area (Å²) in [4.78, 5) is 34.7. The van der Waals surface area contributed by atoms with Gasteiger partial charge in [-0.2, -0.15) is 4.98 Å². The zero-order valence-corrected chi connectivity index (χ0v) is 14.7. The molecule has 28 heavy (non-hydrogen) atoms. The van der Waals surface area contributed by atoms with E-state index in [1.54, 1.807) is 47.6 Å². The molecule has 9 heteroatoms.